The molecule has 0 atom stereocenters. The van der Waals surface area contributed by atoms with E-state index in [0.29, 0.717) is 22.6 Å². The van der Waals surface area contributed by atoms with Crippen LogP contribution in [0.2, 0.25) is 0 Å². The number of rotatable bonds is 5. The highest BCUT2D eigenvalue weighted by Gasteiger charge is 2.13. The quantitative estimate of drug-likeness (QED) is 0.341. The van der Waals surface area contributed by atoms with E-state index in [1.807, 2.05) is 56.3 Å². The molecule has 0 fully saturated rings. The molecule has 0 bridgehead atoms. The number of hydrogen-bond donors (Lipinski definition) is 1. The Labute approximate surface area is 169 Å². The maximum absolute atomic E-state index is 12.7. The third-order valence-corrected chi connectivity index (χ3v) is 5.60. The van der Waals surface area contributed by atoms with E-state index in [-0.39, 0.29) is 17.2 Å². The molecule has 0 radical (unpaired) electrons. The van der Waals surface area contributed by atoms with Crippen LogP contribution in [0.5, 0.6) is 0 Å². The largest absolute Gasteiger partial charge is 0.325 e. The number of nitrogens with one attached hydrogen (secondary N) is 1. The Morgan fingerprint density at radius 3 is 2.77 bits per heavy atom. The number of anilines is 1. The molecule has 3 rings (SSSR count). The smallest absolute Gasteiger partial charge is 0.262 e. The van der Waals surface area contributed by atoms with Gasteiger partial charge in [0, 0.05) is 15.8 Å². The summed E-state index contributed by atoms with van der Waals surface area (Å²) in [6, 6.07) is 13.2. The number of amides is 1. The summed E-state index contributed by atoms with van der Waals surface area (Å²) in [4.78, 5) is 29.6. The van der Waals surface area contributed by atoms with Gasteiger partial charge in [0.15, 0.2) is 5.16 Å². The summed E-state index contributed by atoms with van der Waals surface area (Å²) in [7, 11) is 0. The zero-order valence-corrected chi connectivity index (χ0v) is 17.4. The Hall–Kier alpha value is -1.87. The molecule has 26 heavy (non-hydrogen) atoms. The minimum absolute atomic E-state index is 0.0715. The van der Waals surface area contributed by atoms with E-state index in [9.17, 15) is 9.59 Å². The van der Waals surface area contributed by atoms with Crippen LogP contribution in [0.3, 0.4) is 0 Å². The molecule has 1 aromatic heterocycles. The van der Waals surface area contributed by atoms with Crippen molar-refractivity contribution in [2.75, 3.05) is 11.1 Å². The number of aromatic nitrogens is 2. The maximum Gasteiger partial charge on any atom is 0.262 e. The van der Waals surface area contributed by atoms with Crippen LogP contribution in [0.4, 0.5) is 5.69 Å². The average molecular weight is 479 g/mol. The maximum atomic E-state index is 12.7. The number of hydrogen-bond acceptors (Lipinski definition) is 4. The summed E-state index contributed by atoms with van der Waals surface area (Å²) in [5.41, 5.74) is 2.39. The normalized spacial score (nSPS) is 10.9. The molecule has 0 aliphatic carbocycles. The Morgan fingerprint density at radius 2 is 2.04 bits per heavy atom. The molecule has 134 valence electrons. The lowest BCUT2D eigenvalue weighted by molar-refractivity contribution is -0.113. The molecule has 0 aliphatic rings. The first-order valence-electron chi connectivity index (χ1n) is 8.18. The first-order chi connectivity index (χ1) is 12.5. The fourth-order valence-corrected chi connectivity index (χ4v) is 3.95. The van der Waals surface area contributed by atoms with E-state index in [0.717, 1.165) is 14.8 Å². The lowest BCUT2D eigenvalue weighted by Gasteiger charge is -2.12. The molecule has 3 aromatic rings. The van der Waals surface area contributed by atoms with E-state index < -0.39 is 0 Å². The van der Waals surface area contributed by atoms with Crippen molar-refractivity contribution >= 4 is 56.9 Å². The number of carbonyl (C=O) groups excluding carboxylic acids is 1. The summed E-state index contributed by atoms with van der Waals surface area (Å²) < 4.78 is 2.61. The highest BCUT2D eigenvalue weighted by Crippen LogP contribution is 2.20. The molecule has 7 heteroatoms. The molecule has 0 unspecified atom stereocenters. The standard InChI is InChI=1S/C19H18IN3O2S/c1-3-23-18(25)14-10-13(20)8-9-16(14)22-19(23)26-11-17(24)21-15-7-5-4-6-12(15)2/h4-10H,3,11H2,1-2H3,(H,21,24). The van der Waals surface area contributed by atoms with Gasteiger partial charge in [-0.25, -0.2) is 4.98 Å². The molecular weight excluding hydrogens is 461 g/mol. The van der Waals surface area contributed by atoms with Crippen LogP contribution < -0.4 is 10.9 Å². The molecule has 0 spiro atoms. The summed E-state index contributed by atoms with van der Waals surface area (Å²) in [5, 5.41) is 4.07. The van der Waals surface area contributed by atoms with Crippen LogP contribution in [-0.2, 0) is 11.3 Å². The van der Waals surface area contributed by atoms with Gasteiger partial charge < -0.3 is 5.32 Å². The Kier molecular flexibility index (Phi) is 5.98. The van der Waals surface area contributed by atoms with Crippen LogP contribution in [0.1, 0.15) is 12.5 Å². The number of para-hydroxylation sites is 1. The minimum atomic E-state index is -0.121. The molecule has 0 saturated carbocycles. The molecule has 1 N–H and O–H groups in total. The van der Waals surface area contributed by atoms with Crippen LogP contribution >= 0.6 is 34.4 Å². The third-order valence-electron chi connectivity index (χ3n) is 3.95. The zero-order valence-electron chi connectivity index (χ0n) is 14.5. The highest BCUT2D eigenvalue weighted by atomic mass is 127. The van der Waals surface area contributed by atoms with Crippen LogP contribution in [0.15, 0.2) is 52.4 Å². The predicted molar refractivity (Wildman–Crippen MR) is 115 cm³/mol. The van der Waals surface area contributed by atoms with Crippen molar-refractivity contribution in [1.82, 2.24) is 9.55 Å². The molecule has 1 heterocycles. The van der Waals surface area contributed by atoms with Crippen molar-refractivity contribution in [1.29, 1.82) is 0 Å². The Balaban J connectivity index is 1.82. The monoisotopic (exact) mass is 479 g/mol. The number of fused-ring (bicyclic) bond motifs is 1. The van der Waals surface area contributed by atoms with Gasteiger partial charge in [0.25, 0.3) is 5.56 Å². The number of halogens is 1. The molecule has 1 amide bonds. The second-order valence-corrected chi connectivity index (χ2v) is 7.95. The van der Waals surface area contributed by atoms with Crippen molar-refractivity contribution in [2.45, 2.75) is 25.5 Å². The molecular formula is C19H18IN3O2S. The fraction of sp³-hybridized carbons (Fsp3) is 0.211. The van der Waals surface area contributed by atoms with Gasteiger partial charge in [-0.2, -0.15) is 0 Å². The number of carbonyl (C=O) groups is 1. The van der Waals surface area contributed by atoms with Crippen molar-refractivity contribution in [3.05, 3.63) is 62.0 Å². The number of thioether (sulfide) groups is 1. The summed E-state index contributed by atoms with van der Waals surface area (Å²) in [5.74, 6) is 0.0697. The van der Waals surface area contributed by atoms with Crippen molar-refractivity contribution in [3.63, 3.8) is 0 Å². The highest BCUT2D eigenvalue weighted by molar-refractivity contribution is 14.1. The number of benzene rings is 2. The van der Waals surface area contributed by atoms with E-state index in [1.165, 1.54) is 11.8 Å². The Morgan fingerprint density at radius 1 is 1.27 bits per heavy atom. The van der Waals surface area contributed by atoms with Gasteiger partial charge in [-0.15, -0.1) is 0 Å². The van der Waals surface area contributed by atoms with E-state index >= 15 is 0 Å². The van der Waals surface area contributed by atoms with Crippen LogP contribution in [-0.4, -0.2) is 21.2 Å². The van der Waals surface area contributed by atoms with E-state index in [4.69, 9.17) is 0 Å². The molecule has 2 aromatic carbocycles. The van der Waals surface area contributed by atoms with Crippen LogP contribution in [0.25, 0.3) is 10.9 Å². The van der Waals surface area contributed by atoms with Crippen molar-refractivity contribution in [2.24, 2.45) is 0 Å². The van der Waals surface area contributed by atoms with E-state index in [1.54, 1.807) is 4.57 Å². The summed E-state index contributed by atoms with van der Waals surface area (Å²) in [6.45, 7) is 4.36. The second kappa shape index (κ2) is 8.22. The topological polar surface area (TPSA) is 64.0 Å². The Bertz CT molecular complexity index is 1030. The van der Waals surface area contributed by atoms with Crippen molar-refractivity contribution in [3.8, 4) is 0 Å². The van der Waals surface area contributed by atoms with Gasteiger partial charge in [0.05, 0.1) is 16.7 Å². The second-order valence-electron chi connectivity index (χ2n) is 5.76. The third kappa shape index (κ3) is 4.09. The first-order valence-corrected chi connectivity index (χ1v) is 10.2. The molecule has 0 saturated heterocycles. The summed E-state index contributed by atoms with van der Waals surface area (Å²) >= 11 is 3.46. The van der Waals surface area contributed by atoms with Gasteiger partial charge >= 0.3 is 0 Å². The van der Waals surface area contributed by atoms with E-state index in [2.05, 4.69) is 32.9 Å². The lowest BCUT2D eigenvalue weighted by atomic mass is 10.2. The summed E-state index contributed by atoms with van der Waals surface area (Å²) in [6.07, 6.45) is 0. The SMILES string of the molecule is CCn1c(SCC(=O)Nc2ccccc2C)nc2ccc(I)cc2c1=O. The van der Waals surface area contributed by atoms with Gasteiger partial charge in [-0.05, 0) is 66.3 Å². The van der Waals surface area contributed by atoms with Gasteiger partial charge in [0.1, 0.15) is 0 Å². The zero-order chi connectivity index (χ0) is 18.7. The predicted octanol–water partition coefficient (Wildman–Crippen LogP) is 4.06. The van der Waals surface area contributed by atoms with Gasteiger partial charge in [-0.3, -0.25) is 14.2 Å². The first kappa shape index (κ1) is 18.9. The van der Waals surface area contributed by atoms with Crippen LogP contribution in [0, 0.1) is 10.5 Å². The fourth-order valence-electron chi connectivity index (χ4n) is 2.59. The lowest BCUT2D eigenvalue weighted by Crippen LogP contribution is -2.23. The minimum Gasteiger partial charge on any atom is -0.325 e. The number of aryl methyl sites for hydroxylation is 1. The van der Waals surface area contributed by atoms with Gasteiger partial charge in [0.2, 0.25) is 5.91 Å². The van der Waals surface area contributed by atoms with Gasteiger partial charge in [-0.1, -0.05) is 30.0 Å². The van der Waals surface area contributed by atoms with Crippen molar-refractivity contribution < 1.29 is 4.79 Å². The molecule has 5 nitrogen and oxygen atoms in total. The number of nitrogens with zero attached hydrogens (tertiary/aromatic N) is 2. The average Bonchev–Trinajstić information content (AvgIpc) is 2.62. The molecule has 0 aliphatic heterocycles.